The zero-order chi connectivity index (χ0) is 13.4. The van der Waals surface area contributed by atoms with Gasteiger partial charge in [-0.25, -0.2) is 4.68 Å². The second-order valence-electron chi connectivity index (χ2n) is 6.15. The molecule has 1 heterocycles. The number of unbranched alkanes of at least 4 members (excludes halogenated alkanes) is 3. The molecule has 0 aromatic carbocycles. The maximum Gasteiger partial charge on any atom is 0.0725 e. The minimum atomic E-state index is 0.636. The Morgan fingerprint density at radius 2 is 1.72 bits per heavy atom. The average molecular weight is 251 g/mol. The van der Waals surface area contributed by atoms with Crippen LogP contribution in [0.3, 0.4) is 0 Å². The van der Waals surface area contributed by atoms with Gasteiger partial charge in [-0.3, -0.25) is 0 Å². The van der Waals surface area contributed by atoms with Crippen LogP contribution in [-0.2, 0) is 13.0 Å². The zero-order valence-electron chi connectivity index (χ0n) is 12.5. The lowest BCUT2D eigenvalue weighted by Gasteiger charge is -2.08. The van der Waals surface area contributed by atoms with E-state index in [1.807, 2.05) is 6.20 Å². The highest BCUT2D eigenvalue weighted by atomic mass is 15.4. The molecule has 0 saturated heterocycles. The fourth-order valence-corrected chi connectivity index (χ4v) is 2.18. The molecule has 0 bridgehead atoms. The number of rotatable bonds is 9. The van der Waals surface area contributed by atoms with Gasteiger partial charge in [-0.15, -0.1) is 5.10 Å². The maximum absolute atomic E-state index is 4.16. The smallest absolute Gasteiger partial charge is 0.0725 e. The van der Waals surface area contributed by atoms with Crippen LogP contribution in [0.5, 0.6) is 0 Å². The van der Waals surface area contributed by atoms with E-state index in [4.69, 9.17) is 0 Å². The molecule has 0 aliphatic heterocycles. The predicted octanol–water partition coefficient (Wildman–Crippen LogP) is 4.08. The molecule has 0 radical (unpaired) electrons. The summed E-state index contributed by atoms with van der Waals surface area (Å²) in [6.45, 7) is 10.0. The van der Waals surface area contributed by atoms with Crippen molar-refractivity contribution in [3.63, 3.8) is 0 Å². The van der Waals surface area contributed by atoms with Gasteiger partial charge in [0.15, 0.2) is 0 Å². The molecule has 0 aliphatic rings. The first-order chi connectivity index (χ1) is 8.59. The standard InChI is InChI=1S/C15H29N3/c1-13(2)9-7-5-6-8-10-15-11-16-17-18(15)12-14(3)4/h11,13-14H,5-10,12H2,1-4H3. The van der Waals surface area contributed by atoms with Crippen molar-refractivity contribution in [1.82, 2.24) is 15.0 Å². The van der Waals surface area contributed by atoms with Gasteiger partial charge in [0, 0.05) is 6.54 Å². The normalized spacial score (nSPS) is 11.7. The van der Waals surface area contributed by atoms with Gasteiger partial charge in [0.25, 0.3) is 0 Å². The summed E-state index contributed by atoms with van der Waals surface area (Å²) in [7, 11) is 0. The summed E-state index contributed by atoms with van der Waals surface area (Å²) in [5.41, 5.74) is 1.30. The van der Waals surface area contributed by atoms with Gasteiger partial charge in [0.05, 0.1) is 11.9 Å². The monoisotopic (exact) mass is 251 g/mol. The van der Waals surface area contributed by atoms with Gasteiger partial charge < -0.3 is 0 Å². The molecule has 0 saturated carbocycles. The van der Waals surface area contributed by atoms with Crippen LogP contribution in [0.15, 0.2) is 6.20 Å². The molecule has 3 heteroatoms. The molecule has 1 aromatic heterocycles. The second kappa shape index (κ2) is 8.28. The van der Waals surface area contributed by atoms with E-state index in [0.29, 0.717) is 5.92 Å². The van der Waals surface area contributed by atoms with Crippen molar-refractivity contribution in [2.75, 3.05) is 0 Å². The van der Waals surface area contributed by atoms with Crippen molar-refractivity contribution < 1.29 is 0 Å². The lowest BCUT2D eigenvalue weighted by molar-refractivity contribution is 0.453. The van der Waals surface area contributed by atoms with E-state index in [9.17, 15) is 0 Å². The van der Waals surface area contributed by atoms with Gasteiger partial charge in [-0.05, 0) is 24.7 Å². The van der Waals surface area contributed by atoms with E-state index in [0.717, 1.165) is 18.9 Å². The van der Waals surface area contributed by atoms with Crippen molar-refractivity contribution in [3.8, 4) is 0 Å². The third-order valence-corrected chi connectivity index (χ3v) is 3.20. The van der Waals surface area contributed by atoms with E-state index in [1.54, 1.807) is 0 Å². The molecule has 18 heavy (non-hydrogen) atoms. The van der Waals surface area contributed by atoms with E-state index < -0.39 is 0 Å². The fraction of sp³-hybridized carbons (Fsp3) is 0.867. The summed E-state index contributed by atoms with van der Waals surface area (Å²) in [6.07, 6.45) is 9.76. The van der Waals surface area contributed by atoms with Crippen LogP contribution in [-0.4, -0.2) is 15.0 Å². The average Bonchev–Trinajstić information content (AvgIpc) is 2.69. The largest absolute Gasteiger partial charge is 0.249 e. The third kappa shape index (κ3) is 6.18. The summed E-state index contributed by atoms with van der Waals surface area (Å²) >= 11 is 0. The quantitative estimate of drug-likeness (QED) is 0.619. The van der Waals surface area contributed by atoms with Crippen LogP contribution >= 0.6 is 0 Å². The highest BCUT2D eigenvalue weighted by molar-refractivity contribution is 4.94. The van der Waals surface area contributed by atoms with Gasteiger partial charge >= 0.3 is 0 Å². The predicted molar refractivity (Wildman–Crippen MR) is 76.5 cm³/mol. The van der Waals surface area contributed by atoms with Crippen LogP contribution in [0, 0.1) is 11.8 Å². The van der Waals surface area contributed by atoms with Gasteiger partial charge in [0.1, 0.15) is 0 Å². The summed E-state index contributed by atoms with van der Waals surface area (Å²) in [4.78, 5) is 0. The first-order valence-electron chi connectivity index (χ1n) is 7.47. The second-order valence-corrected chi connectivity index (χ2v) is 6.15. The van der Waals surface area contributed by atoms with Crippen LogP contribution in [0.1, 0.15) is 65.5 Å². The van der Waals surface area contributed by atoms with Gasteiger partial charge in [-0.2, -0.15) is 0 Å². The molecule has 0 unspecified atom stereocenters. The highest BCUT2D eigenvalue weighted by Crippen LogP contribution is 2.12. The Morgan fingerprint density at radius 1 is 1.00 bits per heavy atom. The first kappa shape index (κ1) is 15.2. The van der Waals surface area contributed by atoms with Crippen molar-refractivity contribution in [2.45, 2.75) is 72.8 Å². The molecular weight excluding hydrogens is 222 g/mol. The molecule has 0 spiro atoms. The van der Waals surface area contributed by atoms with E-state index in [2.05, 4.69) is 42.7 Å². The molecule has 1 aromatic rings. The number of hydrogen-bond donors (Lipinski definition) is 0. The molecule has 0 atom stereocenters. The minimum absolute atomic E-state index is 0.636. The Hall–Kier alpha value is -0.860. The van der Waals surface area contributed by atoms with Crippen molar-refractivity contribution in [1.29, 1.82) is 0 Å². The van der Waals surface area contributed by atoms with Gasteiger partial charge in [-0.1, -0.05) is 58.6 Å². The SMILES string of the molecule is CC(C)CCCCCCc1cnnn1CC(C)C. The number of aryl methyl sites for hydroxylation is 1. The lowest BCUT2D eigenvalue weighted by Crippen LogP contribution is -2.09. The summed E-state index contributed by atoms with van der Waals surface area (Å²) < 4.78 is 2.07. The van der Waals surface area contributed by atoms with E-state index >= 15 is 0 Å². The van der Waals surface area contributed by atoms with Crippen LogP contribution in [0.2, 0.25) is 0 Å². The molecule has 1 rings (SSSR count). The van der Waals surface area contributed by atoms with Crippen molar-refractivity contribution in [3.05, 3.63) is 11.9 Å². The molecule has 104 valence electrons. The minimum Gasteiger partial charge on any atom is -0.249 e. The molecular formula is C15H29N3. The highest BCUT2D eigenvalue weighted by Gasteiger charge is 2.05. The Balaban J connectivity index is 2.17. The Labute approximate surface area is 112 Å². The summed E-state index contributed by atoms with van der Waals surface area (Å²) in [5.74, 6) is 1.48. The number of aromatic nitrogens is 3. The summed E-state index contributed by atoms with van der Waals surface area (Å²) in [5, 5.41) is 8.19. The molecule has 0 N–H and O–H groups in total. The molecule has 0 fully saturated rings. The van der Waals surface area contributed by atoms with Crippen LogP contribution in [0.25, 0.3) is 0 Å². The van der Waals surface area contributed by atoms with Gasteiger partial charge in [0.2, 0.25) is 0 Å². The van der Waals surface area contributed by atoms with Crippen molar-refractivity contribution >= 4 is 0 Å². The first-order valence-corrected chi connectivity index (χ1v) is 7.47. The number of hydrogen-bond acceptors (Lipinski definition) is 2. The molecule has 3 nitrogen and oxygen atoms in total. The Kier molecular flexibility index (Phi) is 6.99. The zero-order valence-corrected chi connectivity index (χ0v) is 12.5. The Bertz CT molecular complexity index is 315. The van der Waals surface area contributed by atoms with Crippen LogP contribution in [0.4, 0.5) is 0 Å². The fourth-order valence-electron chi connectivity index (χ4n) is 2.18. The van der Waals surface area contributed by atoms with Crippen molar-refractivity contribution in [2.24, 2.45) is 11.8 Å². The number of nitrogens with zero attached hydrogens (tertiary/aromatic N) is 3. The van der Waals surface area contributed by atoms with Crippen LogP contribution < -0.4 is 0 Å². The lowest BCUT2D eigenvalue weighted by atomic mass is 10.0. The molecule has 0 amide bonds. The third-order valence-electron chi connectivity index (χ3n) is 3.20. The van der Waals surface area contributed by atoms with E-state index in [-0.39, 0.29) is 0 Å². The Morgan fingerprint density at radius 3 is 2.39 bits per heavy atom. The topological polar surface area (TPSA) is 30.7 Å². The maximum atomic E-state index is 4.16. The van der Waals surface area contributed by atoms with E-state index in [1.165, 1.54) is 37.8 Å². The summed E-state index contributed by atoms with van der Waals surface area (Å²) in [6, 6.07) is 0. The molecule has 0 aliphatic carbocycles.